The highest BCUT2D eigenvalue weighted by Crippen LogP contribution is 2.31. The first-order valence-electron chi connectivity index (χ1n) is 7.94. The van der Waals surface area contributed by atoms with Gasteiger partial charge in [0.05, 0.1) is 0 Å². The van der Waals surface area contributed by atoms with Gasteiger partial charge in [0.25, 0.3) is 16.6 Å². The van der Waals surface area contributed by atoms with E-state index in [1.54, 1.807) is 13.0 Å². The summed E-state index contributed by atoms with van der Waals surface area (Å²) >= 11 is 6.10. The van der Waals surface area contributed by atoms with E-state index >= 15 is 0 Å². The van der Waals surface area contributed by atoms with Gasteiger partial charge in [-0.15, -0.1) is 5.10 Å². The molecule has 2 aromatic heterocycles. The van der Waals surface area contributed by atoms with Crippen LogP contribution in [-0.2, 0) is 10.2 Å². The topological polar surface area (TPSA) is 96.8 Å². The van der Waals surface area contributed by atoms with Crippen molar-refractivity contribution in [3.8, 4) is 0 Å². The minimum Gasteiger partial charge on any atom is -0.355 e. The maximum atomic E-state index is 13.2. The smallest absolute Gasteiger partial charge is 0.299 e. The van der Waals surface area contributed by atoms with Crippen LogP contribution in [0.2, 0.25) is 5.15 Å². The zero-order valence-electron chi connectivity index (χ0n) is 14.2. The first kappa shape index (κ1) is 19.2. The second-order valence-corrected chi connectivity index (χ2v) is 8.28. The molecule has 0 radical (unpaired) electrons. The lowest BCUT2D eigenvalue weighted by Gasteiger charge is -2.36. The average molecular weight is 409 g/mol. The molecule has 0 aromatic carbocycles. The van der Waals surface area contributed by atoms with Crippen molar-refractivity contribution in [1.29, 1.82) is 0 Å². The van der Waals surface area contributed by atoms with Crippen LogP contribution in [-0.4, -0.2) is 53.5 Å². The van der Waals surface area contributed by atoms with Crippen LogP contribution in [0.25, 0.3) is 5.52 Å². The predicted molar refractivity (Wildman–Crippen MR) is 93.8 cm³/mol. The zero-order chi connectivity index (χ0) is 19.2. The summed E-state index contributed by atoms with van der Waals surface area (Å²) < 4.78 is 51.8. The van der Waals surface area contributed by atoms with E-state index in [4.69, 9.17) is 16.7 Å². The van der Waals surface area contributed by atoms with E-state index in [1.807, 2.05) is 4.90 Å². The van der Waals surface area contributed by atoms with Gasteiger partial charge in [0.1, 0.15) is 10.7 Å². The standard InChI is InChI=1S/C14H19ClF2N6O2S/c1-8-7-10(15)23-11(8)14(19-13(20-23)12(16)17)22-5-3-9(4-6-22)21(2)26(18,24)25/h7,9,12H,3-6H2,1-2H3,(H2,18,24,25). The summed E-state index contributed by atoms with van der Waals surface area (Å²) in [6.45, 7) is 2.70. The number of hydrogen-bond acceptors (Lipinski definition) is 5. The third-order valence-corrected chi connectivity index (χ3v) is 6.00. The largest absolute Gasteiger partial charge is 0.355 e. The fraction of sp³-hybridized carbons (Fsp3) is 0.571. The Balaban J connectivity index is 1.94. The number of anilines is 1. The maximum Gasteiger partial charge on any atom is 0.299 e. The van der Waals surface area contributed by atoms with Gasteiger partial charge < -0.3 is 4.90 Å². The Morgan fingerprint density at radius 2 is 2.00 bits per heavy atom. The number of aromatic nitrogens is 3. The minimum atomic E-state index is -3.77. The minimum absolute atomic E-state index is 0.229. The monoisotopic (exact) mass is 408 g/mol. The molecule has 144 valence electrons. The van der Waals surface area contributed by atoms with Crippen LogP contribution < -0.4 is 10.0 Å². The van der Waals surface area contributed by atoms with E-state index in [-0.39, 0.29) is 11.2 Å². The molecule has 3 heterocycles. The number of aryl methyl sites for hydroxylation is 1. The first-order valence-corrected chi connectivity index (χ1v) is 9.82. The van der Waals surface area contributed by atoms with E-state index in [9.17, 15) is 17.2 Å². The molecule has 2 N–H and O–H groups in total. The van der Waals surface area contributed by atoms with E-state index in [2.05, 4.69) is 10.1 Å². The molecule has 0 amide bonds. The molecule has 1 saturated heterocycles. The molecule has 1 fully saturated rings. The Kier molecular flexibility index (Phi) is 5.08. The fourth-order valence-electron chi connectivity index (χ4n) is 3.20. The Hall–Kier alpha value is -1.56. The second-order valence-electron chi connectivity index (χ2n) is 6.28. The van der Waals surface area contributed by atoms with Crippen molar-refractivity contribution in [2.45, 2.75) is 32.2 Å². The van der Waals surface area contributed by atoms with Crippen molar-refractivity contribution in [3.63, 3.8) is 0 Å². The number of piperidine rings is 1. The molecule has 0 atom stereocenters. The molecule has 26 heavy (non-hydrogen) atoms. The number of alkyl halides is 2. The van der Waals surface area contributed by atoms with Crippen molar-refractivity contribution < 1.29 is 17.2 Å². The Morgan fingerprint density at radius 3 is 2.54 bits per heavy atom. The number of halogens is 3. The SMILES string of the molecule is Cc1cc(Cl)n2nc(C(F)F)nc(N3CCC(N(C)S(N)(=O)=O)CC3)c12. The highest BCUT2D eigenvalue weighted by atomic mass is 35.5. The molecule has 2 aromatic rings. The molecule has 0 saturated carbocycles. The predicted octanol–water partition coefficient (Wildman–Crippen LogP) is 1.73. The third-order valence-electron chi connectivity index (χ3n) is 4.63. The highest BCUT2D eigenvalue weighted by Gasteiger charge is 2.30. The quantitative estimate of drug-likeness (QED) is 0.831. The normalized spacial score (nSPS) is 17.0. The summed E-state index contributed by atoms with van der Waals surface area (Å²) in [6.07, 6.45) is -1.83. The number of nitrogens with zero attached hydrogens (tertiary/aromatic N) is 5. The van der Waals surface area contributed by atoms with Crippen LogP contribution in [0.3, 0.4) is 0 Å². The van der Waals surface area contributed by atoms with Gasteiger partial charge in [-0.3, -0.25) is 0 Å². The number of nitrogens with two attached hydrogens (primary N) is 1. The molecule has 8 nitrogen and oxygen atoms in total. The number of hydrogen-bond donors (Lipinski definition) is 1. The van der Waals surface area contributed by atoms with Crippen molar-refractivity contribution in [1.82, 2.24) is 18.9 Å². The summed E-state index contributed by atoms with van der Waals surface area (Å²) in [6, 6.07) is 1.40. The Labute approximate surface area is 154 Å². The van der Waals surface area contributed by atoms with Crippen molar-refractivity contribution in [3.05, 3.63) is 22.6 Å². The number of fused-ring (bicyclic) bond motifs is 1. The molecular weight excluding hydrogens is 390 g/mol. The fourth-order valence-corrected chi connectivity index (χ4v) is 4.11. The molecule has 0 spiro atoms. The molecule has 3 rings (SSSR count). The molecule has 1 aliphatic heterocycles. The van der Waals surface area contributed by atoms with Crippen LogP contribution in [0.4, 0.5) is 14.6 Å². The molecule has 0 bridgehead atoms. The van der Waals surface area contributed by atoms with Gasteiger partial charge in [0.2, 0.25) is 5.82 Å². The molecule has 0 unspecified atom stereocenters. The lowest BCUT2D eigenvalue weighted by molar-refractivity contribution is 0.138. The third kappa shape index (κ3) is 3.48. The van der Waals surface area contributed by atoms with Gasteiger partial charge >= 0.3 is 0 Å². The van der Waals surface area contributed by atoms with Crippen LogP contribution in [0, 0.1) is 6.92 Å². The Morgan fingerprint density at radius 1 is 1.38 bits per heavy atom. The van der Waals surface area contributed by atoms with Crippen LogP contribution in [0.1, 0.15) is 30.7 Å². The van der Waals surface area contributed by atoms with E-state index in [1.165, 1.54) is 11.6 Å². The summed E-state index contributed by atoms with van der Waals surface area (Å²) in [7, 11) is -2.34. The van der Waals surface area contributed by atoms with Gasteiger partial charge in [-0.1, -0.05) is 11.6 Å². The lowest BCUT2D eigenvalue weighted by Crippen LogP contribution is -2.48. The molecule has 0 aliphatic carbocycles. The van der Waals surface area contributed by atoms with Gasteiger partial charge in [-0.2, -0.15) is 12.7 Å². The van der Waals surface area contributed by atoms with E-state index in [0.29, 0.717) is 37.3 Å². The highest BCUT2D eigenvalue weighted by molar-refractivity contribution is 7.86. The summed E-state index contributed by atoms with van der Waals surface area (Å²) in [4.78, 5) is 5.89. The van der Waals surface area contributed by atoms with Crippen molar-refractivity contribution in [2.24, 2.45) is 5.14 Å². The number of rotatable bonds is 4. The van der Waals surface area contributed by atoms with E-state index in [0.717, 1.165) is 9.87 Å². The molecule has 12 heteroatoms. The van der Waals surface area contributed by atoms with Crippen molar-refractivity contribution >= 4 is 33.1 Å². The van der Waals surface area contributed by atoms with Gasteiger partial charge in [-0.05, 0) is 31.4 Å². The summed E-state index contributed by atoms with van der Waals surface area (Å²) in [5.41, 5.74) is 1.34. The van der Waals surface area contributed by atoms with Gasteiger partial charge in [0.15, 0.2) is 5.82 Å². The first-order chi connectivity index (χ1) is 12.1. The van der Waals surface area contributed by atoms with Gasteiger partial charge in [0, 0.05) is 26.2 Å². The second kappa shape index (κ2) is 6.87. The van der Waals surface area contributed by atoms with Crippen LogP contribution >= 0.6 is 11.6 Å². The lowest BCUT2D eigenvalue weighted by atomic mass is 10.1. The zero-order valence-corrected chi connectivity index (χ0v) is 15.8. The average Bonchev–Trinajstić information content (AvgIpc) is 2.87. The molecule has 1 aliphatic rings. The maximum absolute atomic E-state index is 13.2. The van der Waals surface area contributed by atoms with E-state index < -0.39 is 22.5 Å². The van der Waals surface area contributed by atoms with Crippen LogP contribution in [0.5, 0.6) is 0 Å². The van der Waals surface area contributed by atoms with Crippen LogP contribution in [0.15, 0.2) is 6.07 Å². The summed E-state index contributed by atoms with van der Waals surface area (Å²) in [5, 5.41) is 9.22. The van der Waals surface area contributed by atoms with Crippen molar-refractivity contribution in [2.75, 3.05) is 25.0 Å². The summed E-state index contributed by atoms with van der Waals surface area (Å²) in [5.74, 6) is -0.231. The molecular formula is C14H19ClF2N6O2S. The Bertz CT molecular complexity index is 927. The van der Waals surface area contributed by atoms with Gasteiger partial charge in [-0.25, -0.2) is 23.4 Å².